The highest BCUT2D eigenvalue weighted by Crippen LogP contribution is 2.47. The second-order valence-electron chi connectivity index (χ2n) is 10.2. The Morgan fingerprint density at radius 1 is 1.11 bits per heavy atom. The normalized spacial score (nSPS) is 18.3. The van der Waals surface area contributed by atoms with Gasteiger partial charge in [0.25, 0.3) is 11.8 Å². The highest BCUT2D eigenvalue weighted by atomic mass is 19.4. The van der Waals surface area contributed by atoms with Crippen molar-refractivity contribution in [2.45, 2.75) is 77.4 Å². The number of alkyl halides is 6. The maximum absolute atomic E-state index is 14.8. The van der Waals surface area contributed by atoms with Gasteiger partial charge < -0.3 is 18.6 Å². The lowest BCUT2D eigenvalue weighted by Gasteiger charge is -2.32. The molecular weight excluding hydrogens is 610 g/mol. The van der Waals surface area contributed by atoms with E-state index < -0.39 is 77.3 Å². The summed E-state index contributed by atoms with van der Waals surface area (Å²) in [7, 11) is 0. The minimum atomic E-state index is -5.11. The van der Waals surface area contributed by atoms with E-state index in [0.717, 1.165) is 0 Å². The lowest BCUT2D eigenvalue weighted by Crippen LogP contribution is -2.45. The molecule has 0 spiro atoms. The van der Waals surface area contributed by atoms with E-state index in [1.54, 1.807) is 0 Å². The van der Waals surface area contributed by atoms with Crippen molar-refractivity contribution in [3.8, 4) is 17.5 Å². The first-order chi connectivity index (χ1) is 21.0. The van der Waals surface area contributed by atoms with Crippen LogP contribution in [0.5, 0.6) is 5.88 Å². The van der Waals surface area contributed by atoms with Crippen LogP contribution in [0.3, 0.4) is 0 Å². The summed E-state index contributed by atoms with van der Waals surface area (Å²) in [5.41, 5.74) is -6.53. The lowest BCUT2D eigenvalue weighted by molar-refractivity contribution is -0.289. The molecule has 1 amide bonds. The van der Waals surface area contributed by atoms with E-state index >= 15 is 0 Å². The molecule has 0 saturated carbocycles. The van der Waals surface area contributed by atoms with E-state index in [0.29, 0.717) is 6.07 Å². The fourth-order valence-corrected chi connectivity index (χ4v) is 3.76. The van der Waals surface area contributed by atoms with Gasteiger partial charge in [-0.2, -0.15) is 26.3 Å². The Balaban J connectivity index is 0.00000345. The van der Waals surface area contributed by atoms with Gasteiger partial charge in [-0.05, 0) is 45.3 Å². The standard InChI is InChI=1S/C28H30F6N4O5.C2H6/c1-6-12-17(7-2)16-41-26(28(32,33)34)13-10-8-9-11-14-40-21-18(27(29,30)31)15-19(35-24(39)43-25(3,4)5)20(36-21)22-37-38-23(26)42-22;1-2/h6-8,10,12,15H,1-2,9,11,13-14,16H2,3-5H3,(H,35,39);1-2H3/b10-8+,17-12+;. The zero-order chi connectivity index (χ0) is 34.1. The van der Waals surface area contributed by atoms with Crippen LogP contribution in [0, 0.1) is 0 Å². The molecule has 1 unspecified atom stereocenters. The smallest absolute Gasteiger partial charge is 0.426 e. The highest BCUT2D eigenvalue weighted by Gasteiger charge is 2.61. The van der Waals surface area contributed by atoms with E-state index in [9.17, 15) is 31.1 Å². The number of aromatic nitrogens is 3. The number of amides is 1. The number of carbonyl (C=O) groups is 1. The number of carbonyl (C=O) groups excluding carboxylic acids is 1. The van der Waals surface area contributed by atoms with Gasteiger partial charge in [-0.15, -0.1) is 10.2 Å². The molecule has 3 rings (SSSR count). The Hall–Kier alpha value is -4.14. The number of allylic oxidation sites excluding steroid dienone is 3. The predicted octanol–water partition coefficient (Wildman–Crippen LogP) is 8.72. The van der Waals surface area contributed by atoms with Crippen LogP contribution in [-0.2, 0) is 21.3 Å². The highest BCUT2D eigenvalue weighted by molar-refractivity contribution is 5.89. The second-order valence-corrected chi connectivity index (χ2v) is 10.2. The summed E-state index contributed by atoms with van der Waals surface area (Å²) in [5.74, 6) is -2.70. The van der Waals surface area contributed by atoms with Gasteiger partial charge in [-0.3, -0.25) is 5.32 Å². The fourth-order valence-electron chi connectivity index (χ4n) is 3.76. The number of fused-ring (bicyclic) bond motifs is 5. The first kappa shape index (κ1) is 37.0. The number of nitrogens with zero attached hydrogens (tertiary/aromatic N) is 3. The molecule has 3 heterocycles. The molecule has 1 atom stereocenters. The minimum absolute atomic E-state index is 0.143. The van der Waals surface area contributed by atoms with Crippen LogP contribution in [0.15, 0.2) is 59.6 Å². The monoisotopic (exact) mass is 646 g/mol. The molecule has 4 bridgehead atoms. The number of hydrogen-bond donors (Lipinski definition) is 1. The number of halogens is 6. The molecule has 1 aliphatic heterocycles. The number of rotatable bonds is 6. The third kappa shape index (κ3) is 9.67. The van der Waals surface area contributed by atoms with E-state index in [4.69, 9.17) is 18.6 Å². The van der Waals surface area contributed by atoms with Crippen molar-refractivity contribution >= 4 is 11.8 Å². The zero-order valence-electron chi connectivity index (χ0n) is 25.6. The second kappa shape index (κ2) is 15.2. The van der Waals surface area contributed by atoms with Crippen molar-refractivity contribution < 1.29 is 49.8 Å². The van der Waals surface area contributed by atoms with Crippen LogP contribution in [0.1, 0.15) is 65.3 Å². The Morgan fingerprint density at radius 2 is 1.80 bits per heavy atom. The molecule has 45 heavy (non-hydrogen) atoms. The largest absolute Gasteiger partial charge is 0.477 e. The van der Waals surface area contributed by atoms with Gasteiger partial charge in [0.15, 0.2) is 5.69 Å². The van der Waals surface area contributed by atoms with Crippen LogP contribution in [-0.4, -0.2) is 46.3 Å². The fraction of sp³-hybridized carbons (Fsp3) is 0.467. The van der Waals surface area contributed by atoms with Crippen LogP contribution < -0.4 is 10.1 Å². The van der Waals surface area contributed by atoms with Crippen molar-refractivity contribution in [2.24, 2.45) is 0 Å². The first-order valence-electron chi connectivity index (χ1n) is 13.9. The molecule has 0 aromatic carbocycles. The molecule has 248 valence electrons. The summed E-state index contributed by atoms with van der Waals surface area (Å²) in [5, 5.41) is 9.36. The van der Waals surface area contributed by atoms with Crippen molar-refractivity contribution in [1.29, 1.82) is 0 Å². The van der Waals surface area contributed by atoms with E-state index in [1.165, 1.54) is 51.2 Å². The Bertz CT molecular complexity index is 1390. The maximum Gasteiger partial charge on any atom is 0.426 e. The quantitative estimate of drug-likeness (QED) is 0.189. The first-order valence-corrected chi connectivity index (χ1v) is 13.9. The van der Waals surface area contributed by atoms with Crippen LogP contribution in [0.4, 0.5) is 36.8 Å². The van der Waals surface area contributed by atoms with Crippen LogP contribution in [0.25, 0.3) is 11.6 Å². The maximum atomic E-state index is 14.8. The molecule has 0 fully saturated rings. The molecule has 0 radical (unpaired) electrons. The van der Waals surface area contributed by atoms with Gasteiger partial charge in [0, 0.05) is 6.42 Å². The molecule has 0 aliphatic carbocycles. The summed E-state index contributed by atoms with van der Waals surface area (Å²) in [6, 6.07) is 0.501. The van der Waals surface area contributed by atoms with Gasteiger partial charge >= 0.3 is 18.4 Å². The SMILES string of the molecule is C=C/C=C(\C=C)COC1(C(F)(F)F)C/C=C/CCCOc2nc(c(NC(=O)OC(C)(C)C)cc2C(F)(F)F)-c2nnc1o2.CC. The van der Waals surface area contributed by atoms with Gasteiger partial charge in [-0.25, -0.2) is 9.78 Å². The van der Waals surface area contributed by atoms with Gasteiger partial charge in [0.1, 0.15) is 11.2 Å². The number of hydrogen-bond acceptors (Lipinski definition) is 8. The molecule has 1 N–H and O–H groups in total. The molecular formula is C30H36F6N4O5. The van der Waals surface area contributed by atoms with Crippen molar-refractivity contribution in [1.82, 2.24) is 15.2 Å². The molecule has 2 aromatic rings. The van der Waals surface area contributed by atoms with Crippen molar-refractivity contribution in [3.63, 3.8) is 0 Å². The summed E-state index contributed by atoms with van der Waals surface area (Å²) >= 11 is 0. The summed E-state index contributed by atoms with van der Waals surface area (Å²) < 4.78 is 108. The Morgan fingerprint density at radius 3 is 2.38 bits per heavy atom. The third-order valence-corrected chi connectivity index (χ3v) is 5.76. The lowest BCUT2D eigenvalue weighted by atomic mass is 9.97. The average molecular weight is 647 g/mol. The average Bonchev–Trinajstić information content (AvgIpc) is 3.42. The molecule has 1 aliphatic rings. The molecule has 0 saturated heterocycles. The summed E-state index contributed by atoms with van der Waals surface area (Å²) in [4.78, 5) is 16.4. The van der Waals surface area contributed by atoms with Crippen molar-refractivity contribution in [2.75, 3.05) is 18.5 Å². The van der Waals surface area contributed by atoms with Gasteiger partial charge in [0.05, 0.1) is 18.9 Å². The van der Waals surface area contributed by atoms with E-state index in [2.05, 4.69) is 33.7 Å². The van der Waals surface area contributed by atoms with E-state index in [1.807, 2.05) is 13.8 Å². The van der Waals surface area contributed by atoms with Crippen molar-refractivity contribution in [3.05, 3.63) is 66.6 Å². The molecule has 9 nitrogen and oxygen atoms in total. The number of nitrogens with one attached hydrogen (secondary N) is 1. The Labute approximate surface area is 257 Å². The number of pyridine rings is 1. The number of anilines is 1. The summed E-state index contributed by atoms with van der Waals surface area (Å²) in [6.07, 6.45) is -5.13. The van der Waals surface area contributed by atoms with Crippen LogP contribution >= 0.6 is 0 Å². The molecule has 2 aromatic heterocycles. The molecule has 15 heteroatoms. The van der Waals surface area contributed by atoms with Gasteiger partial charge in [-0.1, -0.05) is 57.4 Å². The van der Waals surface area contributed by atoms with Gasteiger partial charge in [0.2, 0.25) is 11.5 Å². The third-order valence-electron chi connectivity index (χ3n) is 5.76. The van der Waals surface area contributed by atoms with Crippen LogP contribution in [0.2, 0.25) is 0 Å². The predicted molar refractivity (Wildman–Crippen MR) is 154 cm³/mol. The van der Waals surface area contributed by atoms with E-state index in [-0.39, 0.29) is 25.0 Å². The zero-order valence-corrected chi connectivity index (χ0v) is 25.6. The minimum Gasteiger partial charge on any atom is -0.477 e. The Kier molecular flexibility index (Phi) is 12.5. The summed E-state index contributed by atoms with van der Waals surface area (Å²) in [6.45, 7) is 14.8. The topological polar surface area (TPSA) is 109 Å². The number of ether oxygens (including phenoxy) is 3.